The predicted molar refractivity (Wildman–Crippen MR) is 133 cm³/mol. The zero-order valence-electron chi connectivity index (χ0n) is 17.9. The third kappa shape index (κ3) is 4.75. The van der Waals surface area contributed by atoms with Crippen molar-refractivity contribution in [3.05, 3.63) is 88.6 Å². The standard InChI is InChI=1S/C26H23BrN2O3/c1-3-29(4-2)24(30)12-8-11-22-26-25(20-17-19(27)14-15-21(20)32-26)28-23(31-22)16-13-18-9-6-5-7-10-18/h5-17H,3-4H2,1-2H3/b12-8?,16-13+,22-11?. The van der Waals surface area contributed by atoms with E-state index in [-0.39, 0.29) is 5.91 Å². The van der Waals surface area contributed by atoms with Crippen LogP contribution in [0.2, 0.25) is 0 Å². The fraction of sp³-hybridized carbons (Fsp3) is 0.154. The highest BCUT2D eigenvalue weighted by molar-refractivity contribution is 9.10. The zero-order chi connectivity index (χ0) is 22.5. The number of carbonyl (C=O) groups is 1. The van der Waals surface area contributed by atoms with Crippen molar-refractivity contribution in [1.82, 2.24) is 4.90 Å². The minimum Gasteiger partial charge on any atom is -0.450 e. The van der Waals surface area contributed by atoms with Gasteiger partial charge in [0.25, 0.3) is 0 Å². The predicted octanol–water partition coefficient (Wildman–Crippen LogP) is 6.73. The number of furan rings is 1. The average Bonchev–Trinajstić information content (AvgIpc) is 3.17. The molecule has 0 aliphatic carbocycles. The fourth-order valence-corrected chi connectivity index (χ4v) is 3.76. The van der Waals surface area contributed by atoms with E-state index in [2.05, 4.69) is 15.9 Å². The summed E-state index contributed by atoms with van der Waals surface area (Å²) in [7, 11) is 0. The summed E-state index contributed by atoms with van der Waals surface area (Å²) >= 11 is 3.52. The molecule has 0 fully saturated rings. The van der Waals surface area contributed by atoms with Crippen molar-refractivity contribution in [2.75, 3.05) is 13.1 Å². The molecule has 0 radical (unpaired) electrons. The number of likely N-dealkylation sites (N-methyl/N-ethyl adjacent to an activating group) is 1. The number of benzene rings is 2. The number of hydrogen-bond donors (Lipinski definition) is 0. The first-order valence-corrected chi connectivity index (χ1v) is 11.3. The molecule has 0 atom stereocenters. The molecule has 0 saturated heterocycles. The van der Waals surface area contributed by atoms with Gasteiger partial charge in [-0.15, -0.1) is 0 Å². The molecule has 6 heteroatoms. The van der Waals surface area contributed by atoms with Crippen LogP contribution >= 0.6 is 15.9 Å². The maximum atomic E-state index is 12.3. The highest BCUT2D eigenvalue weighted by Gasteiger charge is 2.24. The van der Waals surface area contributed by atoms with Gasteiger partial charge in [-0.25, -0.2) is 4.99 Å². The van der Waals surface area contributed by atoms with Crippen molar-refractivity contribution in [3.8, 4) is 0 Å². The number of rotatable bonds is 6. The summed E-state index contributed by atoms with van der Waals surface area (Å²) in [6.07, 6.45) is 8.73. The van der Waals surface area contributed by atoms with Gasteiger partial charge in [0.05, 0.1) is 0 Å². The third-order valence-electron chi connectivity index (χ3n) is 5.06. The molecule has 3 aromatic rings. The number of fused-ring (bicyclic) bond motifs is 3. The summed E-state index contributed by atoms with van der Waals surface area (Å²) in [5.41, 5.74) is 2.46. The first-order chi connectivity index (χ1) is 15.6. The van der Waals surface area contributed by atoms with Crippen LogP contribution in [0, 0.1) is 0 Å². The van der Waals surface area contributed by atoms with Crippen LogP contribution in [0.25, 0.3) is 22.8 Å². The molecule has 0 saturated carbocycles. The van der Waals surface area contributed by atoms with E-state index < -0.39 is 0 Å². The maximum absolute atomic E-state index is 12.3. The Morgan fingerprint density at radius 1 is 1.09 bits per heavy atom. The van der Waals surface area contributed by atoms with E-state index in [9.17, 15) is 4.79 Å². The third-order valence-corrected chi connectivity index (χ3v) is 5.56. The second-order valence-electron chi connectivity index (χ2n) is 7.12. The second-order valence-corrected chi connectivity index (χ2v) is 8.03. The van der Waals surface area contributed by atoms with E-state index in [1.54, 1.807) is 17.1 Å². The number of allylic oxidation sites excluding steroid dienone is 2. The topological polar surface area (TPSA) is 55.0 Å². The van der Waals surface area contributed by atoms with Crippen molar-refractivity contribution in [2.24, 2.45) is 4.99 Å². The summed E-state index contributed by atoms with van der Waals surface area (Å²) in [6.45, 7) is 5.24. The molecular formula is C26H23BrN2O3. The van der Waals surface area contributed by atoms with Crippen molar-refractivity contribution in [1.29, 1.82) is 0 Å². The summed E-state index contributed by atoms with van der Waals surface area (Å²) in [6, 6.07) is 15.7. The molecule has 0 spiro atoms. The van der Waals surface area contributed by atoms with E-state index >= 15 is 0 Å². The lowest BCUT2D eigenvalue weighted by Crippen LogP contribution is -2.28. The smallest absolute Gasteiger partial charge is 0.246 e. The number of aliphatic imine (C=N–C) groups is 1. The molecule has 1 aliphatic rings. The van der Waals surface area contributed by atoms with Crippen molar-refractivity contribution in [3.63, 3.8) is 0 Å². The summed E-state index contributed by atoms with van der Waals surface area (Å²) in [5.74, 6) is 1.43. The Bertz CT molecular complexity index is 1250. The van der Waals surface area contributed by atoms with Gasteiger partial charge < -0.3 is 14.1 Å². The molecule has 2 heterocycles. The number of ether oxygens (including phenoxy) is 1. The minimum absolute atomic E-state index is 0.0470. The lowest BCUT2D eigenvalue weighted by molar-refractivity contribution is -0.125. The van der Waals surface area contributed by atoms with Gasteiger partial charge in [-0.2, -0.15) is 0 Å². The van der Waals surface area contributed by atoms with Crippen LogP contribution in [0.3, 0.4) is 0 Å². The quantitative estimate of drug-likeness (QED) is 0.359. The van der Waals surface area contributed by atoms with Crippen LogP contribution in [-0.4, -0.2) is 29.8 Å². The first-order valence-electron chi connectivity index (χ1n) is 10.5. The Morgan fingerprint density at radius 2 is 1.88 bits per heavy atom. The lowest BCUT2D eigenvalue weighted by atomic mass is 10.2. The van der Waals surface area contributed by atoms with Gasteiger partial charge in [0.15, 0.2) is 11.5 Å². The van der Waals surface area contributed by atoms with E-state index in [4.69, 9.17) is 14.1 Å². The van der Waals surface area contributed by atoms with Gasteiger partial charge in [-0.3, -0.25) is 4.79 Å². The normalized spacial score (nSPS) is 14.7. The van der Waals surface area contributed by atoms with Gasteiger partial charge in [0.2, 0.25) is 11.8 Å². The molecule has 1 aliphatic heterocycles. The minimum atomic E-state index is -0.0470. The van der Waals surface area contributed by atoms with Gasteiger partial charge in [-0.05, 0) is 49.8 Å². The number of halogens is 1. The molecule has 0 bridgehead atoms. The highest BCUT2D eigenvalue weighted by Crippen LogP contribution is 2.42. The SMILES string of the molecule is CCN(CC)C(=O)C=CC=C1OC(/C=C/c2ccccc2)=Nc2c1oc1ccc(Br)cc21. The van der Waals surface area contributed by atoms with Gasteiger partial charge >= 0.3 is 0 Å². The van der Waals surface area contributed by atoms with Crippen molar-refractivity contribution < 1.29 is 13.9 Å². The Balaban J connectivity index is 1.72. The monoisotopic (exact) mass is 490 g/mol. The molecule has 1 amide bonds. The second kappa shape index (κ2) is 9.83. The molecule has 5 nitrogen and oxygen atoms in total. The van der Waals surface area contributed by atoms with E-state index in [1.165, 1.54) is 6.08 Å². The van der Waals surface area contributed by atoms with E-state index in [0.717, 1.165) is 15.4 Å². The van der Waals surface area contributed by atoms with Gasteiger partial charge in [0, 0.05) is 35.1 Å². The first kappa shape index (κ1) is 21.8. The maximum Gasteiger partial charge on any atom is 0.246 e. The Kier molecular flexibility index (Phi) is 6.71. The van der Waals surface area contributed by atoms with Crippen LogP contribution in [-0.2, 0) is 9.53 Å². The van der Waals surface area contributed by atoms with Crippen molar-refractivity contribution in [2.45, 2.75) is 13.8 Å². The zero-order valence-corrected chi connectivity index (χ0v) is 19.5. The number of carbonyl (C=O) groups excluding carboxylic acids is 1. The van der Waals surface area contributed by atoms with Crippen LogP contribution in [0.4, 0.5) is 5.69 Å². The number of nitrogens with zero attached hydrogens (tertiary/aromatic N) is 2. The summed E-state index contributed by atoms with van der Waals surface area (Å²) in [4.78, 5) is 18.7. The van der Waals surface area contributed by atoms with Crippen LogP contribution in [0.1, 0.15) is 25.2 Å². The Hall–Kier alpha value is -3.38. The molecule has 162 valence electrons. The van der Waals surface area contributed by atoms with Crippen molar-refractivity contribution >= 4 is 56.2 Å². The highest BCUT2D eigenvalue weighted by atomic mass is 79.9. The molecule has 0 unspecified atom stereocenters. The molecule has 4 rings (SSSR count). The molecule has 0 N–H and O–H groups in total. The molecule has 1 aromatic heterocycles. The summed E-state index contributed by atoms with van der Waals surface area (Å²) < 4.78 is 13.0. The molecule has 32 heavy (non-hydrogen) atoms. The number of amides is 1. The van der Waals surface area contributed by atoms with Gasteiger partial charge in [0.1, 0.15) is 11.3 Å². The van der Waals surface area contributed by atoms with Crippen LogP contribution in [0.5, 0.6) is 0 Å². The lowest BCUT2D eigenvalue weighted by Gasteiger charge is -2.16. The largest absolute Gasteiger partial charge is 0.450 e. The van der Waals surface area contributed by atoms with E-state index in [0.29, 0.717) is 41.8 Å². The molecule has 2 aromatic carbocycles. The molecular weight excluding hydrogens is 468 g/mol. The number of hydrogen-bond acceptors (Lipinski definition) is 4. The Labute approximate surface area is 195 Å². The van der Waals surface area contributed by atoms with Crippen LogP contribution < -0.4 is 0 Å². The van der Waals surface area contributed by atoms with E-state index in [1.807, 2.05) is 74.5 Å². The van der Waals surface area contributed by atoms with Gasteiger partial charge in [-0.1, -0.05) is 52.3 Å². The van der Waals surface area contributed by atoms with Crippen LogP contribution in [0.15, 0.2) is 86.7 Å². The Morgan fingerprint density at radius 3 is 2.62 bits per heavy atom. The summed E-state index contributed by atoms with van der Waals surface area (Å²) in [5, 5.41) is 0.886. The fourth-order valence-electron chi connectivity index (χ4n) is 3.40. The average molecular weight is 491 g/mol.